The maximum Gasteiger partial charge on any atom is 0.337 e. The lowest BCUT2D eigenvalue weighted by Crippen LogP contribution is -2.18. The number of aromatic carboxylic acids is 1. The van der Waals surface area contributed by atoms with E-state index in [-0.39, 0.29) is 6.04 Å². The molecular weight excluding hydrogens is 274 g/mol. The molecule has 0 bridgehead atoms. The summed E-state index contributed by atoms with van der Waals surface area (Å²) >= 11 is 1.93. The summed E-state index contributed by atoms with van der Waals surface area (Å²) in [5, 5.41) is 18.3. The van der Waals surface area contributed by atoms with Crippen LogP contribution in [0.15, 0.2) is 18.2 Å². The zero-order valence-electron chi connectivity index (χ0n) is 11.3. The summed E-state index contributed by atoms with van der Waals surface area (Å²) in [5.41, 5.74) is 1.62. The average molecular weight is 291 g/mol. The van der Waals surface area contributed by atoms with E-state index in [9.17, 15) is 9.90 Å². The molecular formula is C14H17N3O2S. The van der Waals surface area contributed by atoms with Crippen LogP contribution in [0.2, 0.25) is 0 Å². The molecule has 3 rings (SSSR count). The molecule has 0 aliphatic heterocycles. The molecule has 0 spiro atoms. The number of hydrogen-bond acceptors (Lipinski definition) is 4. The SMILES string of the molecule is CCSC1CCCC1n1nnc2cccc(C(=O)O)c21. The van der Waals surface area contributed by atoms with Gasteiger partial charge in [0, 0.05) is 5.25 Å². The van der Waals surface area contributed by atoms with Crippen molar-refractivity contribution in [3.63, 3.8) is 0 Å². The first-order chi connectivity index (χ1) is 9.72. The molecule has 1 aromatic heterocycles. The van der Waals surface area contributed by atoms with Crippen LogP contribution in [0.25, 0.3) is 11.0 Å². The van der Waals surface area contributed by atoms with E-state index in [1.807, 2.05) is 22.5 Å². The topological polar surface area (TPSA) is 68.0 Å². The molecule has 0 saturated heterocycles. The van der Waals surface area contributed by atoms with Gasteiger partial charge in [0.05, 0.1) is 11.6 Å². The highest BCUT2D eigenvalue weighted by Gasteiger charge is 2.31. The molecule has 1 aromatic carbocycles. The molecule has 6 heteroatoms. The van der Waals surface area contributed by atoms with Crippen molar-refractivity contribution in [2.45, 2.75) is 37.5 Å². The number of aromatic nitrogens is 3. The lowest BCUT2D eigenvalue weighted by atomic mass is 10.1. The highest BCUT2D eigenvalue weighted by Crippen LogP contribution is 2.39. The summed E-state index contributed by atoms with van der Waals surface area (Å²) in [6, 6.07) is 5.42. The molecule has 1 aliphatic rings. The van der Waals surface area contributed by atoms with Crippen molar-refractivity contribution in [1.82, 2.24) is 15.0 Å². The van der Waals surface area contributed by atoms with Gasteiger partial charge in [0.15, 0.2) is 0 Å². The normalized spacial score (nSPS) is 22.4. The average Bonchev–Trinajstić information content (AvgIpc) is 3.04. The first-order valence-corrected chi connectivity index (χ1v) is 7.96. The molecule has 106 valence electrons. The van der Waals surface area contributed by atoms with Gasteiger partial charge in [0.25, 0.3) is 0 Å². The molecule has 1 N–H and O–H groups in total. The Kier molecular flexibility index (Phi) is 3.65. The molecule has 20 heavy (non-hydrogen) atoms. The van der Waals surface area contributed by atoms with Crippen LogP contribution in [0, 0.1) is 0 Å². The van der Waals surface area contributed by atoms with Gasteiger partial charge in [-0.1, -0.05) is 24.6 Å². The lowest BCUT2D eigenvalue weighted by molar-refractivity contribution is 0.0698. The second-order valence-corrected chi connectivity index (χ2v) is 6.52. The number of rotatable bonds is 4. The van der Waals surface area contributed by atoms with Gasteiger partial charge in [-0.25, -0.2) is 9.48 Å². The molecule has 0 radical (unpaired) electrons. The number of benzene rings is 1. The second-order valence-electron chi connectivity index (χ2n) is 5.00. The Bertz CT molecular complexity index is 640. The van der Waals surface area contributed by atoms with Crippen LogP contribution in [-0.4, -0.2) is 37.1 Å². The lowest BCUT2D eigenvalue weighted by Gasteiger charge is -2.19. The summed E-state index contributed by atoms with van der Waals surface area (Å²) in [5.74, 6) is 0.149. The van der Waals surface area contributed by atoms with E-state index in [4.69, 9.17) is 0 Å². The van der Waals surface area contributed by atoms with E-state index in [1.165, 1.54) is 12.8 Å². The molecule has 1 saturated carbocycles. The minimum Gasteiger partial charge on any atom is -0.478 e. The number of thioether (sulfide) groups is 1. The number of fused-ring (bicyclic) bond motifs is 1. The summed E-state index contributed by atoms with van der Waals surface area (Å²) < 4.78 is 1.85. The number of carboxylic acid groups (broad SMARTS) is 1. The first-order valence-electron chi connectivity index (χ1n) is 6.91. The van der Waals surface area contributed by atoms with Gasteiger partial charge in [-0.15, -0.1) is 5.10 Å². The van der Waals surface area contributed by atoms with Crippen molar-refractivity contribution in [3.8, 4) is 0 Å². The Morgan fingerprint density at radius 3 is 3.10 bits per heavy atom. The van der Waals surface area contributed by atoms with E-state index in [1.54, 1.807) is 12.1 Å². The molecule has 1 heterocycles. The zero-order chi connectivity index (χ0) is 14.1. The Balaban J connectivity index is 2.09. The zero-order valence-corrected chi connectivity index (χ0v) is 12.1. The van der Waals surface area contributed by atoms with Gasteiger partial charge in [0.1, 0.15) is 11.0 Å². The van der Waals surface area contributed by atoms with Crippen LogP contribution >= 0.6 is 11.8 Å². The Labute approximate surface area is 121 Å². The number of carbonyl (C=O) groups is 1. The van der Waals surface area contributed by atoms with Crippen molar-refractivity contribution in [2.75, 3.05) is 5.75 Å². The van der Waals surface area contributed by atoms with Gasteiger partial charge >= 0.3 is 5.97 Å². The van der Waals surface area contributed by atoms with Crippen LogP contribution in [0.5, 0.6) is 0 Å². The summed E-state index contributed by atoms with van der Waals surface area (Å²) in [6.45, 7) is 2.15. The fraction of sp³-hybridized carbons (Fsp3) is 0.500. The largest absolute Gasteiger partial charge is 0.478 e. The van der Waals surface area contributed by atoms with Crippen molar-refractivity contribution in [3.05, 3.63) is 23.8 Å². The molecule has 2 aromatic rings. The van der Waals surface area contributed by atoms with Crippen LogP contribution in [0.4, 0.5) is 0 Å². The van der Waals surface area contributed by atoms with Crippen LogP contribution in [0.1, 0.15) is 42.6 Å². The van der Waals surface area contributed by atoms with Crippen LogP contribution < -0.4 is 0 Å². The van der Waals surface area contributed by atoms with E-state index in [0.717, 1.165) is 12.2 Å². The number of hydrogen-bond donors (Lipinski definition) is 1. The fourth-order valence-corrected chi connectivity index (χ4v) is 4.23. The smallest absolute Gasteiger partial charge is 0.337 e. The van der Waals surface area contributed by atoms with Gasteiger partial charge in [-0.3, -0.25) is 0 Å². The first kappa shape index (κ1) is 13.4. The van der Waals surface area contributed by atoms with Crippen LogP contribution in [0.3, 0.4) is 0 Å². The summed E-state index contributed by atoms with van der Waals surface area (Å²) in [4.78, 5) is 11.4. The molecule has 2 unspecified atom stereocenters. The molecule has 5 nitrogen and oxygen atoms in total. The van der Waals surface area contributed by atoms with Gasteiger partial charge in [-0.05, 0) is 30.7 Å². The molecule has 2 atom stereocenters. The third-order valence-electron chi connectivity index (χ3n) is 3.84. The Morgan fingerprint density at radius 2 is 2.35 bits per heavy atom. The van der Waals surface area contributed by atoms with Crippen molar-refractivity contribution < 1.29 is 9.90 Å². The quantitative estimate of drug-likeness (QED) is 0.938. The molecule has 1 aliphatic carbocycles. The highest BCUT2D eigenvalue weighted by atomic mass is 32.2. The van der Waals surface area contributed by atoms with Crippen molar-refractivity contribution in [2.24, 2.45) is 0 Å². The van der Waals surface area contributed by atoms with Gasteiger partial charge in [0.2, 0.25) is 0 Å². The standard InChI is InChI=1S/C14H17N3O2S/c1-2-20-12-8-4-7-11(12)17-13-9(14(18)19)5-3-6-10(13)15-16-17/h3,5-6,11-12H,2,4,7-8H2,1H3,(H,18,19). The van der Waals surface area contributed by atoms with Gasteiger partial charge < -0.3 is 5.11 Å². The molecule has 1 fully saturated rings. The minimum absolute atomic E-state index is 0.255. The fourth-order valence-electron chi connectivity index (χ4n) is 2.99. The third-order valence-corrected chi connectivity index (χ3v) is 5.15. The highest BCUT2D eigenvalue weighted by molar-refractivity contribution is 7.99. The van der Waals surface area contributed by atoms with Crippen LogP contribution in [-0.2, 0) is 0 Å². The maximum absolute atomic E-state index is 11.4. The minimum atomic E-state index is -0.920. The number of para-hydroxylation sites is 1. The van der Waals surface area contributed by atoms with E-state index >= 15 is 0 Å². The van der Waals surface area contributed by atoms with Crippen molar-refractivity contribution in [1.29, 1.82) is 0 Å². The predicted molar refractivity (Wildman–Crippen MR) is 79.3 cm³/mol. The van der Waals surface area contributed by atoms with E-state index in [2.05, 4.69) is 17.2 Å². The summed E-state index contributed by atoms with van der Waals surface area (Å²) in [7, 11) is 0. The maximum atomic E-state index is 11.4. The van der Waals surface area contributed by atoms with E-state index < -0.39 is 5.97 Å². The predicted octanol–water partition coefficient (Wildman–Crippen LogP) is 2.98. The number of nitrogens with zero attached hydrogens (tertiary/aromatic N) is 3. The van der Waals surface area contributed by atoms with E-state index in [0.29, 0.717) is 21.8 Å². The monoisotopic (exact) mass is 291 g/mol. The second kappa shape index (κ2) is 5.44. The Morgan fingerprint density at radius 1 is 1.50 bits per heavy atom. The van der Waals surface area contributed by atoms with Gasteiger partial charge in [-0.2, -0.15) is 11.8 Å². The number of carboxylic acids is 1. The summed E-state index contributed by atoms with van der Waals surface area (Å²) in [6.07, 6.45) is 3.38. The molecule has 0 amide bonds. The third kappa shape index (κ3) is 2.18. The Hall–Kier alpha value is -1.56. The van der Waals surface area contributed by atoms with Crippen molar-refractivity contribution >= 4 is 28.8 Å².